The molecule has 0 aliphatic carbocycles. The first kappa shape index (κ1) is 15.9. The summed E-state index contributed by atoms with van der Waals surface area (Å²) in [5.74, 6) is 0.508. The molecule has 0 radical (unpaired) electrons. The van der Waals surface area contributed by atoms with Crippen molar-refractivity contribution in [2.24, 2.45) is 0 Å². The van der Waals surface area contributed by atoms with Crippen LogP contribution in [0.15, 0.2) is 11.2 Å². The maximum absolute atomic E-state index is 11.7. The predicted octanol–water partition coefficient (Wildman–Crippen LogP) is 0.829. The number of imidazole rings is 1. The summed E-state index contributed by atoms with van der Waals surface area (Å²) in [7, 11) is -3.79. The number of nitrogens with one attached hydrogen (secondary N) is 2. The number of rotatable bonds is 7. The van der Waals surface area contributed by atoms with E-state index in [4.69, 9.17) is 0 Å². The third kappa shape index (κ3) is 5.57. The third-order valence-electron chi connectivity index (χ3n) is 2.03. The van der Waals surface area contributed by atoms with Gasteiger partial charge in [0.05, 0.1) is 12.8 Å². The smallest absolute Gasteiger partial charge is 0.371 e. The van der Waals surface area contributed by atoms with Crippen molar-refractivity contribution in [3.05, 3.63) is 12.0 Å². The molecule has 10 heteroatoms. The molecule has 0 atom stereocenters. The van der Waals surface area contributed by atoms with Crippen molar-refractivity contribution in [1.82, 2.24) is 14.7 Å². The molecule has 0 aromatic carbocycles. The number of halogens is 3. The van der Waals surface area contributed by atoms with E-state index in [9.17, 15) is 21.6 Å². The van der Waals surface area contributed by atoms with E-state index < -0.39 is 22.8 Å². The van der Waals surface area contributed by atoms with Crippen molar-refractivity contribution in [1.29, 1.82) is 0 Å². The van der Waals surface area contributed by atoms with Crippen LogP contribution < -0.4 is 4.72 Å². The Bertz CT molecular complexity index is 498. The Morgan fingerprint density at radius 2 is 2.16 bits per heavy atom. The number of aryl methyl sites for hydroxylation is 1. The second-order valence-electron chi connectivity index (χ2n) is 3.61. The summed E-state index contributed by atoms with van der Waals surface area (Å²) in [6.45, 7) is -0.223. The highest BCUT2D eigenvalue weighted by Gasteiger charge is 2.27. The molecule has 19 heavy (non-hydrogen) atoms. The van der Waals surface area contributed by atoms with E-state index >= 15 is 0 Å². The molecule has 0 unspecified atom stereocenters. The van der Waals surface area contributed by atoms with Crippen molar-refractivity contribution >= 4 is 10.0 Å². The highest BCUT2D eigenvalue weighted by Crippen LogP contribution is 2.14. The van der Waals surface area contributed by atoms with E-state index in [-0.39, 0.29) is 18.2 Å². The topological polar surface area (TPSA) is 84.1 Å². The van der Waals surface area contributed by atoms with Crippen molar-refractivity contribution in [2.45, 2.75) is 24.5 Å². The van der Waals surface area contributed by atoms with Crippen LogP contribution in [0, 0.1) is 0 Å². The highest BCUT2D eigenvalue weighted by atomic mass is 32.2. The lowest BCUT2D eigenvalue weighted by Gasteiger charge is -2.08. The number of H-pyrrole nitrogens is 1. The molecule has 1 aromatic rings. The van der Waals surface area contributed by atoms with Gasteiger partial charge in [-0.25, -0.2) is 18.1 Å². The SMILES string of the molecule is CCc1ncc(S(=O)(=O)NCCOCC(F)(F)F)[nH]1. The molecule has 1 aromatic heterocycles. The van der Waals surface area contributed by atoms with Crippen LogP contribution in [0.25, 0.3) is 0 Å². The number of sulfonamides is 1. The Balaban J connectivity index is 2.39. The van der Waals surface area contributed by atoms with E-state index in [2.05, 4.69) is 19.4 Å². The van der Waals surface area contributed by atoms with Gasteiger partial charge in [0.1, 0.15) is 12.4 Å². The Morgan fingerprint density at radius 3 is 2.68 bits per heavy atom. The van der Waals surface area contributed by atoms with Gasteiger partial charge in [-0.3, -0.25) is 0 Å². The fourth-order valence-corrected chi connectivity index (χ4v) is 2.12. The Hall–Kier alpha value is -1.13. The zero-order valence-electron chi connectivity index (χ0n) is 10.1. The van der Waals surface area contributed by atoms with E-state index in [1.54, 1.807) is 6.92 Å². The highest BCUT2D eigenvalue weighted by molar-refractivity contribution is 7.89. The van der Waals surface area contributed by atoms with Crippen LogP contribution in [0.3, 0.4) is 0 Å². The van der Waals surface area contributed by atoms with Gasteiger partial charge in [0, 0.05) is 13.0 Å². The second-order valence-corrected chi connectivity index (χ2v) is 5.35. The molecule has 6 nitrogen and oxygen atoms in total. The zero-order chi connectivity index (χ0) is 14.5. The molecule has 2 N–H and O–H groups in total. The molecule has 1 rings (SSSR count). The maximum Gasteiger partial charge on any atom is 0.411 e. The summed E-state index contributed by atoms with van der Waals surface area (Å²) in [6.07, 6.45) is -2.72. The van der Waals surface area contributed by atoms with Crippen LogP contribution in [-0.2, 0) is 21.2 Å². The lowest BCUT2D eigenvalue weighted by Crippen LogP contribution is -2.29. The average molecular weight is 301 g/mol. The fourth-order valence-electron chi connectivity index (χ4n) is 1.17. The summed E-state index contributed by atoms with van der Waals surface area (Å²) in [6, 6.07) is 0. The number of hydrogen-bond donors (Lipinski definition) is 2. The van der Waals surface area contributed by atoms with Gasteiger partial charge >= 0.3 is 6.18 Å². The first-order valence-electron chi connectivity index (χ1n) is 5.42. The van der Waals surface area contributed by atoms with Gasteiger partial charge in [-0.1, -0.05) is 6.92 Å². The van der Waals surface area contributed by atoms with Gasteiger partial charge in [0.2, 0.25) is 0 Å². The van der Waals surface area contributed by atoms with Crippen molar-refractivity contribution in [2.75, 3.05) is 19.8 Å². The van der Waals surface area contributed by atoms with Crippen LogP contribution in [0.5, 0.6) is 0 Å². The molecular formula is C9H14F3N3O3S. The average Bonchev–Trinajstić information content (AvgIpc) is 2.76. The number of aromatic nitrogens is 2. The fraction of sp³-hybridized carbons (Fsp3) is 0.667. The molecule has 1 heterocycles. The van der Waals surface area contributed by atoms with E-state index in [0.29, 0.717) is 12.2 Å². The van der Waals surface area contributed by atoms with Crippen molar-refractivity contribution < 1.29 is 26.3 Å². The minimum atomic E-state index is -4.42. The first-order chi connectivity index (χ1) is 8.74. The number of ether oxygens (including phenoxy) is 1. The summed E-state index contributed by atoms with van der Waals surface area (Å²) in [4.78, 5) is 6.41. The molecular weight excluding hydrogens is 287 g/mol. The predicted molar refractivity (Wildman–Crippen MR) is 60.0 cm³/mol. The summed E-state index contributed by atoms with van der Waals surface area (Å²) in [5.41, 5.74) is 0. The van der Waals surface area contributed by atoms with Crippen LogP contribution in [0.4, 0.5) is 13.2 Å². The van der Waals surface area contributed by atoms with Gasteiger partial charge in [0.25, 0.3) is 10.0 Å². The number of hydrogen-bond acceptors (Lipinski definition) is 4. The summed E-state index contributed by atoms with van der Waals surface area (Å²) >= 11 is 0. The number of alkyl halides is 3. The number of aromatic amines is 1. The number of nitrogens with zero attached hydrogens (tertiary/aromatic N) is 1. The van der Waals surface area contributed by atoms with E-state index in [1.165, 1.54) is 0 Å². The van der Waals surface area contributed by atoms with Gasteiger partial charge in [0.15, 0.2) is 5.03 Å². The molecule has 0 amide bonds. The Kier molecular flexibility index (Phi) is 5.32. The largest absolute Gasteiger partial charge is 0.411 e. The van der Waals surface area contributed by atoms with Crippen LogP contribution in [0.2, 0.25) is 0 Å². The molecule has 110 valence electrons. The first-order valence-corrected chi connectivity index (χ1v) is 6.91. The van der Waals surface area contributed by atoms with E-state index in [0.717, 1.165) is 6.20 Å². The molecule has 0 aliphatic rings. The minimum Gasteiger partial charge on any atom is -0.371 e. The van der Waals surface area contributed by atoms with Gasteiger partial charge in [-0.05, 0) is 0 Å². The second kappa shape index (κ2) is 6.35. The third-order valence-corrected chi connectivity index (χ3v) is 3.40. The zero-order valence-corrected chi connectivity index (χ0v) is 10.9. The lowest BCUT2D eigenvalue weighted by atomic mass is 10.5. The van der Waals surface area contributed by atoms with Gasteiger partial charge < -0.3 is 9.72 Å². The maximum atomic E-state index is 11.7. The Morgan fingerprint density at radius 1 is 1.47 bits per heavy atom. The van der Waals surface area contributed by atoms with Gasteiger partial charge in [-0.15, -0.1) is 0 Å². The monoisotopic (exact) mass is 301 g/mol. The molecule has 0 bridgehead atoms. The Labute approximate surface area is 108 Å². The van der Waals surface area contributed by atoms with Crippen molar-refractivity contribution in [3.8, 4) is 0 Å². The van der Waals surface area contributed by atoms with Crippen LogP contribution in [-0.4, -0.2) is 44.3 Å². The lowest BCUT2D eigenvalue weighted by molar-refractivity contribution is -0.173. The molecule has 0 saturated carbocycles. The molecule has 0 aliphatic heterocycles. The van der Waals surface area contributed by atoms with E-state index in [1.807, 2.05) is 0 Å². The minimum absolute atomic E-state index is 0.125. The standard InChI is InChI=1S/C9H14F3N3O3S/c1-2-7-13-5-8(15-7)19(16,17)14-3-4-18-6-9(10,11)12/h5,14H,2-4,6H2,1H3,(H,13,15). The molecule has 0 spiro atoms. The summed E-state index contributed by atoms with van der Waals surface area (Å²) in [5, 5.41) is -0.125. The van der Waals surface area contributed by atoms with Crippen LogP contribution >= 0.6 is 0 Å². The van der Waals surface area contributed by atoms with Crippen molar-refractivity contribution in [3.63, 3.8) is 0 Å². The summed E-state index contributed by atoms with van der Waals surface area (Å²) < 4.78 is 64.9. The molecule has 0 saturated heterocycles. The van der Waals surface area contributed by atoms with Crippen LogP contribution in [0.1, 0.15) is 12.7 Å². The van der Waals surface area contributed by atoms with Gasteiger partial charge in [-0.2, -0.15) is 13.2 Å². The molecule has 0 fully saturated rings. The quantitative estimate of drug-likeness (QED) is 0.731. The normalized spacial score (nSPS) is 12.8.